The minimum Gasteiger partial charge on any atom is -0.394 e. The Hall–Kier alpha value is -0.690. The molecule has 0 aromatic carbocycles. The zero-order valence-corrected chi connectivity index (χ0v) is 9.20. The molecule has 1 rings (SSSR count). The maximum Gasteiger partial charge on any atom is 0.155 e. The maximum atomic E-state index is 10.7. The van der Waals surface area contributed by atoms with Gasteiger partial charge in [-0.3, -0.25) is 4.79 Å². The zero-order valence-electron chi connectivity index (χ0n) is 7.63. The number of aliphatic hydroxyl groups excluding tert-OH is 2. The highest BCUT2D eigenvalue weighted by atomic mass is 35.5. The zero-order chi connectivity index (χ0) is 11.3. The predicted octanol–water partition coefficient (Wildman–Crippen LogP) is 0.388. The van der Waals surface area contributed by atoms with Crippen molar-refractivity contribution in [2.45, 2.75) is 11.1 Å². The number of carbonyl (C=O) groups excluding carboxylic acids is 1. The molecule has 2 N–H and O–H groups in total. The Kier molecular flexibility index (Phi) is 4.97. The van der Waals surface area contributed by atoms with Crippen molar-refractivity contribution in [2.75, 3.05) is 12.4 Å². The fraction of sp³-hybridized carbons (Fsp3) is 0.375. The first-order valence-electron chi connectivity index (χ1n) is 4.06. The number of aromatic nitrogens is 2. The van der Waals surface area contributed by atoms with Crippen LogP contribution in [0.2, 0.25) is 5.15 Å². The Morgan fingerprint density at radius 3 is 2.93 bits per heavy atom. The Morgan fingerprint density at radius 1 is 1.60 bits per heavy atom. The SMILES string of the molecule is O=Cc1c(Cl)ncnc1SCC(O)CO. The molecule has 0 amide bonds. The molecule has 1 aromatic rings. The van der Waals surface area contributed by atoms with Gasteiger partial charge in [-0.25, -0.2) is 9.97 Å². The average Bonchev–Trinajstić information content (AvgIpc) is 2.25. The van der Waals surface area contributed by atoms with Crippen LogP contribution < -0.4 is 0 Å². The van der Waals surface area contributed by atoms with Crippen LogP contribution in [0.25, 0.3) is 0 Å². The maximum absolute atomic E-state index is 10.7. The van der Waals surface area contributed by atoms with E-state index in [1.165, 1.54) is 6.33 Å². The number of carbonyl (C=O) groups is 1. The second-order valence-corrected chi connectivity index (χ2v) is 4.02. The quantitative estimate of drug-likeness (QED) is 0.446. The van der Waals surface area contributed by atoms with Gasteiger partial charge in [0.05, 0.1) is 18.3 Å². The van der Waals surface area contributed by atoms with Gasteiger partial charge in [-0.1, -0.05) is 11.6 Å². The Bertz CT molecular complexity index is 351. The lowest BCUT2D eigenvalue weighted by Gasteiger charge is -2.07. The van der Waals surface area contributed by atoms with Gasteiger partial charge in [0.2, 0.25) is 0 Å². The Labute approximate surface area is 95.5 Å². The molecular weight excluding hydrogens is 240 g/mol. The molecule has 7 heteroatoms. The van der Waals surface area contributed by atoms with Crippen LogP contribution in [-0.4, -0.2) is 44.9 Å². The number of hydrogen-bond acceptors (Lipinski definition) is 6. The third-order valence-corrected chi connectivity index (χ3v) is 2.99. The first-order chi connectivity index (χ1) is 7.19. The van der Waals surface area contributed by atoms with Crippen LogP contribution in [0.15, 0.2) is 11.4 Å². The van der Waals surface area contributed by atoms with Gasteiger partial charge in [-0.05, 0) is 0 Å². The van der Waals surface area contributed by atoms with E-state index in [9.17, 15) is 4.79 Å². The minimum absolute atomic E-state index is 0.0842. The molecule has 0 fully saturated rings. The molecule has 1 atom stereocenters. The standard InChI is InChI=1S/C8H9ClN2O3S/c9-7-6(2-13)8(11-4-10-7)15-3-5(14)1-12/h2,4-5,12,14H,1,3H2. The van der Waals surface area contributed by atoms with Gasteiger partial charge in [0, 0.05) is 5.75 Å². The van der Waals surface area contributed by atoms with Crippen LogP contribution in [0.5, 0.6) is 0 Å². The van der Waals surface area contributed by atoms with Gasteiger partial charge in [-0.2, -0.15) is 0 Å². The summed E-state index contributed by atoms with van der Waals surface area (Å²) in [5, 5.41) is 18.2. The molecule has 0 bridgehead atoms. The highest BCUT2D eigenvalue weighted by Gasteiger charge is 2.11. The molecule has 1 aromatic heterocycles. The van der Waals surface area contributed by atoms with Gasteiger partial charge in [-0.15, -0.1) is 11.8 Å². The summed E-state index contributed by atoms with van der Waals surface area (Å²) in [6, 6.07) is 0. The van der Waals surface area contributed by atoms with E-state index < -0.39 is 6.10 Å². The van der Waals surface area contributed by atoms with Crippen molar-refractivity contribution < 1.29 is 15.0 Å². The second-order valence-electron chi connectivity index (χ2n) is 2.65. The highest BCUT2D eigenvalue weighted by molar-refractivity contribution is 7.99. The van der Waals surface area contributed by atoms with E-state index in [1.807, 2.05) is 0 Å². The van der Waals surface area contributed by atoms with Crippen molar-refractivity contribution in [1.82, 2.24) is 9.97 Å². The molecule has 1 heterocycles. The van der Waals surface area contributed by atoms with Crippen LogP contribution in [-0.2, 0) is 0 Å². The van der Waals surface area contributed by atoms with Crippen molar-refractivity contribution in [3.63, 3.8) is 0 Å². The molecule has 1 unspecified atom stereocenters. The van der Waals surface area contributed by atoms with Gasteiger partial charge in [0.1, 0.15) is 16.5 Å². The summed E-state index contributed by atoms with van der Waals surface area (Å²) in [4.78, 5) is 18.2. The average molecular weight is 249 g/mol. The van der Waals surface area contributed by atoms with E-state index in [2.05, 4.69) is 9.97 Å². The molecule has 15 heavy (non-hydrogen) atoms. The predicted molar refractivity (Wildman–Crippen MR) is 56.2 cm³/mol. The molecular formula is C8H9ClN2O3S. The monoisotopic (exact) mass is 248 g/mol. The van der Waals surface area contributed by atoms with Gasteiger partial charge in [0.25, 0.3) is 0 Å². The number of hydrogen-bond donors (Lipinski definition) is 2. The van der Waals surface area contributed by atoms with E-state index in [1.54, 1.807) is 0 Å². The number of halogens is 1. The van der Waals surface area contributed by atoms with Crippen LogP contribution in [0.3, 0.4) is 0 Å². The van der Waals surface area contributed by atoms with E-state index >= 15 is 0 Å². The van der Waals surface area contributed by atoms with Crippen LogP contribution >= 0.6 is 23.4 Å². The van der Waals surface area contributed by atoms with E-state index in [0.717, 1.165) is 11.8 Å². The second kappa shape index (κ2) is 6.02. The topological polar surface area (TPSA) is 83.3 Å². The third-order valence-electron chi connectivity index (χ3n) is 1.54. The number of rotatable bonds is 5. The Morgan fingerprint density at radius 2 is 2.33 bits per heavy atom. The molecule has 0 aliphatic carbocycles. The van der Waals surface area contributed by atoms with E-state index in [-0.39, 0.29) is 23.1 Å². The van der Waals surface area contributed by atoms with E-state index in [0.29, 0.717) is 11.3 Å². The first kappa shape index (κ1) is 12.4. The van der Waals surface area contributed by atoms with Crippen molar-refractivity contribution in [3.8, 4) is 0 Å². The smallest absolute Gasteiger partial charge is 0.155 e. The summed E-state index contributed by atoms with van der Waals surface area (Å²) in [5.74, 6) is 0.241. The molecule has 0 spiro atoms. The fourth-order valence-corrected chi connectivity index (χ4v) is 1.91. The number of aldehydes is 1. The lowest BCUT2D eigenvalue weighted by molar-refractivity contribution is 0.111. The van der Waals surface area contributed by atoms with Gasteiger partial charge >= 0.3 is 0 Å². The lowest BCUT2D eigenvalue weighted by atomic mass is 10.4. The summed E-state index contributed by atoms with van der Waals surface area (Å²) in [6.07, 6.45) is 0.960. The molecule has 0 saturated heterocycles. The lowest BCUT2D eigenvalue weighted by Crippen LogP contribution is -2.15. The minimum atomic E-state index is -0.844. The summed E-state index contributed by atoms with van der Waals surface area (Å²) >= 11 is 6.81. The summed E-state index contributed by atoms with van der Waals surface area (Å²) < 4.78 is 0. The van der Waals surface area contributed by atoms with Crippen LogP contribution in [0.4, 0.5) is 0 Å². The molecule has 0 aliphatic heterocycles. The third kappa shape index (κ3) is 3.42. The van der Waals surface area contributed by atoms with Crippen molar-refractivity contribution in [2.24, 2.45) is 0 Å². The van der Waals surface area contributed by atoms with Crippen molar-refractivity contribution in [1.29, 1.82) is 0 Å². The molecule has 0 radical (unpaired) electrons. The summed E-state index contributed by atoms with van der Waals surface area (Å²) in [7, 11) is 0. The van der Waals surface area contributed by atoms with Crippen molar-refractivity contribution >= 4 is 29.6 Å². The molecule has 0 saturated carbocycles. The highest BCUT2D eigenvalue weighted by Crippen LogP contribution is 2.23. The van der Waals surface area contributed by atoms with E-state index in [4.69, 9.17) is 21.8 Å². The number of aliphatic hydroxyl groups is 2. The summed E-state index contributed by atoms with van der Waals surface area (Å²) in [6.45, 7) is -0.331. The first-order valence-corrected chi connectivity index (χ1v) is 5.42. The van der Waals surface area contributed by atoms with Gasteiger partial charge in [0.15, 0.2) is 6.29 Å². The van der Waals surface area contributed by atoms with Crippen molar-refractivity contribution in [3.05, 3.63) is 17.0 Å². The summed E-state index contributed by atoms with van der Waals surface area (Å²) in [5.41, 5.74) is 0.203. The fourth-order valence-electron chi connectivity index (χ4n) is 0.801. The Balaban J connectivity index is 2.76. The molecule has 5 nitrogen and oxygen atoms in total. The number of thioether (sulfide) groups is 1. The normalized spacial score (nSPS) is 12.5. The number of nitrogens with zero attached hydrogens (tertiary/aromatic N) is 2. The molecule has 0 aliphatic rings. The van der Waals surface area contributed by atoms with Crippen LogP contribution in [0, 0.1) is 0 Å². The molecule has 82 valence electrons. The van der Waals surface area contributed by atoms with Gasteiger partial charge < -0.3 is 10.2 Å². The largest absolute Gasteiger partial charge is 0.394 e. The van der Waals surface area contributed by atoms with Crippen LogP contribution in [0.1, 0.15) is 10.4 Å².